The number of nitrogens with one attached hydrogen (secondary N) is 1. The molecule has 4 aliphatic carbocycles. The van der Waals surface area contributed by atoms with Crippen molar-refractivity contribution < 1.29 is 0 Å². The third kappa shape index (κ3) is 1.73. The molecule has 0 amide bonds. The molecule has 5 rings (SSSR count). The first-order valence-corrected chi connectivity index (χ1v) is 7.57. The molecule has 4 fully saturated rings. The summed E-state index contributed by atoms with van der Waals surface area (Å²) in [6, 6.07) is 0.307. The molecule has 4 saturated carbocycles. The van der Waals surface area contributed by atoms with Crippen molar-refractivity contribution in [3.63, 3.8) is 0 Å². The van der Waals surface area contributed by atoms with Gasteiger partial charge in [-0.2, -0.15) is 5.11 Å². The topological polar surface area (TPSA) is 88.5 Å². The second-order valence-electron chi connectivity index (χ2n) is 6.87. The summed E-state index contributed by atoms with van der Waals surface area (Å²) in [5.41, 5.74) is 5.85. The molecule has 6 heteroatoms. The Balaban J connectivity index is 1.60. The number of anilines is 1. The molecule has 0 spiro atoms. The van der Waals surface area contributed by atoms with Crippen LogP contribution in [0.5, 0.6) is 0 Å². The Hall–Kier alpha value is -1.59. The number of nitrogens with two attached hydrogens (primary N) is 1. The van der Waals surface area contributed by atoms with Crippen molar-refractivity contribution in [2.24, 2.45) is 40.9 Å². The molecule has 1 aromatic heterocycles. The van der Waals surface area contributed by atoms with Crippen LogP contribution in [0, 0.1) is 23.7 Å². The van der Waals surface area contributed by atoms with E-state index >= 15 is 0 Å². The summed E-state index contributed by atoms with van der Waals surface area (Å²) in [5.74, 6) is 3.57. The van der Waals surface area contributed by atoms with E-state index in [1.54, 1.807) is 7.05 Å². The Morgan fingerprint density at radius 3 is 2.25 bits per heavy atom. The smallest absolute Gasteiger partial charge is 0.294 e. The van der Waals surface area contributed by atoms with Gasteiger partial charge >= 0.3 is 0 Å². The van der Waals surface area contributed by atoms with Gasteiger partial charge in [-0.1, -0.05) is 0 Å². The van der Waals surface area contributed by atoms with Crippen LogP contribution in [0.2, 0.25) is 0 Å². The lowest BCUT2D eigenvalue weighted by atomic mass is 9.54. The minimum atomic E-state index is -0.252. The number of rotatable bonds is 2. The highest BCUT2D eigenvalue weighted by Gasteiger charge is 2.48. The lowest BCUT2D eigenvalue weighted by molar-refractivity contribution is -0.000942. The highest BCUT2D eigenvalue weighted by Crippen LogP contribution is 2.54. The number of azo groups is 1. The number of hydrogen-bond acceptors (Lipinski definition) is 4. The maximum absolute atomic E-state index is 11.7. The summed E-state index contributed by atoms with van der Waals surface area (Å²) in [6.45, 7) is 0. The number of aryl methyl sites for hydroxylation is 1. The van der Waals surface area contributed by atoms with Gasteiger partial charge in [0.2, 0.25) is 0 Å². The van der Waals surface area contributed by atoms with E-state index < -0.39 is 0 Å². The van der Waals surface area contributed by atoms with Crippen LogP contribution in [-0.4, -0.2) is 15.8 Å². The molecule has 4 aliphatic rings. The van der Waals surface area contributed by atoms with Crippen molar-refractivity contribution in [1.29, 1.82) is 0 Å². The third-order valence-electron chi connectivity index (χ3n) is 5.56. The number of hydrogen-bond donors (Lipinski definition) is 2. The van der Waals surface area contributed by atoms with Gasteiger partial charge in [-0.25, -0.2) is 0 Å². The monoisotopic (exact) mass is 275 g/mol. The fourth-order valence-corrected chi connectivity index (χ4v) is 4.85. The van der Waals surface area contributed by atoms with Crippen LogP contribution in [0.1, 0.15) is 32.1 Å². The second-order valence-corrected chi connectivity index (χ2v) is 6.87. The van der Waals surface area contributed by atoms with Gasteiger partial charge in [0.05, 0.1) is 6.04 Å². The zero-order valence-corrected chi connectivity index (χ0v) is 11.7. The minimum Gasteiger partial charge on any atom is -0.382 e. The second kappa shape index (κ2) is 4.20. The fourth-order valence-electron chi connectivity index (χ4n) is 4.85. The van der Waals surface area contributed by atoms with Crippen molar-refractivity contribution in [1.82, 2.24) is 9.78 Å². The summed E-state index contributed by atoms with van der Waals surface area (Å²) in [4.78, 5) is 11.7. The van der Waals surface area contributed by atoms with Crippen LogP contribution in [0.15, 0.2) is 15.0 Å². The molecular weight excluding hydrogens is 254 g/mol. The van der Waals surface area contributed by atoms with Gasteiger partial charge < -0.3 is 5.73 Å². The summed E-state index contributed by atoms with van der Waals surface area (Å²) >= 11 is 0. The van der Waals surface area contributed by atoms with E-state index in [2.05, 4.69) is 15.3 Å². The van der Waals surface area contributed by atoms with Crippen molar-refractivity contribution >= 4 is 11.5 Å². The fraction of sp³-hybridized carbons (Fsp3) is 0.786. The van der Waals surface area contributed by atoms with E-state index in [1.807, 2.05) is 0 Å². The largest absolute Gasteiger partial charge is 0.382 e. The van der Waals surface area contributed by atoms with Crippen molar-refractivity contribution in [2.45, 2.75) is 38.1 Å². The maximum Gasteiger partial charge on any atom is 0.294 e. The SMILES string of the molecule is Cn1[nH]c(=O)c(N=NC2C3CC4CC(C3)CC2C4)c1N. The number of aromatic nitrogens is 2. The molecule has 0 saturated heterocycles. The predicted molar refractivity (Wildman–Crippen MR) is 75.8 cm³/mol. The molecule has 0 aromatic carbocycles. The molecular formula is C14H21N5O. The molecule has 3 N–H and O–H groups in total. The van der Waals surface area contributed by atoms with E-state index in [9.17, 15) is 4.79 Å². The van der Waals surface area contributed by atoms with E-state index in [0.29, 0.717) is 23.7 Å². The van der Waals surface area contributed by atoms with Crippen LogP contribution in [0.4, 0.5) is 11.5 Å². The Labute approximate surface area is 117 Å². The normalized spacial score (nSPS) is 39.0. The first kappa shape index (κ1) is 12.2. The van der Waals surface area contributed by atoms with Gasteiger partial charge in [0.25, 0.3) is 5.56 Å². The minimum absolute atomic E-state index is 0.252. The molecule has 0 radical (unpaired) electrons. The lowest BCUT2D eigenvalue weighted by Crippen LogP contribution is -2.47. The number of nitrogens with zero attached hydrogens (tertiary/aromatic N) is 3. The molecule has 0 atom stereocenters. The Morgan fingerprint density at radius 1 is 1.15 bits per heavy atom. The highest BCUT2D eigenvalue weighted by molar-refractivity contribution is 5.55. The zero-order valence-electron chi connectivity index (χ0n) is 11.7. The van der Waals surface area contributed by atoms with Crippen LogP contribution < -0.4 is 11.3 Å². The van der Waals surface area contributed by atoms with Crippen molar-refractivity contribution in [3.05, 3.63) is 10.4 Å². The molecule has 0 unspecified atom stereocenters. The van der Waals surface area contributed by atoms with Crippen molar-refractivity contribution in [3.8, 4) is 0 Å². The average molecular weight is 275 g/mol. The predicted octanol–water partition coefficient (Wildman–Crippen LogP) is 2.20. The Kier molecular flexibility index (Phi) is 2.56. The number of aromatic amines is 1. The lowest BCUT2D eigenvalue weighted by Gasteiger charge is -2.52. The standard InChI is InChI=1S/C14H21N5O/c1-19-13(15)12(14(20)18-19)17-16-11-9-3-7-2-8(5-9)6-10(11)4-7/h7-11H,2-6,15H2,1H3,(H,18,20). The molecule has 1 aromatic rings. The van der Waals surface area contributed by atoms with Crippen LogP contribution in [-0.2, 0) is 7.05 Å². The number of H-pyrrole nitrogens is 1. The van der Waals surface area contributed by atoms with Gasteiger partial charge in [-0.3, -0.25) is 14.6 Å². The van der Waals surface area contributed by atoms with Gasteiger partial charge in [0.1, 0.15) is 0 Å². The van der Waals surface area contributed by atoms with Crippen LogP contribution in [0.3, 0.4) is 0 Å². The molecule has 4 bridgehead atoms. The molecule has 108 valence electrons. The third-order valence-corrected chi connectivity index (χ3v) is 5.56. The van der Waals surface area contributed by atoms with Gasteiger partial charge in [-0.15, -0.1) is 5.11 Å². The summed E-state index contributed by atoms with van der Waals surface area (Å²) in [6.07, 6.45) is 6.64. The highest BCUT2D eigenvalue weighted by atomic mass is 16.1. The summed E-state index contributed by atoms with van der Waals surface area (Å²) < 4.78 is 1.49. The maximum atomic E-state index is 11.7. The first-order valence-electron chi connectivity index (χ1n) is 7.57. The summed E-state index contributed by atoms with van der Waals surface area (Å²) in [5, 5.41) is 11.4. The van der Waals surface area contributed by atoms with E-state index in [-0.39, 0.29) is 11.2 Å². The molecule has 0 aliphatic heterocycles. The Morgan fingerprint density at radius 2 is 1.75 bits per heavy atom. The average Bonchev–Trinajstić information content (AvgIpc) is 2.63. The first-order chi connectivity index (χ1) is 9.61. The zero-order chi connectivity index (χ0) is 13.9. The molecule has 6 nitrogen and oxygen atoms in total. The van der Waals surface area contributed by atoms with Gasteiger partial charge in [-0.05, 0) is 55.8 Å². The van der Waals surface area contributed by atoms with Gasteiger partial charge in [0.15, 0.2) is 11.5 Å². The van der Waals surface area contributed by atoms with Crippen molar-refractivity contribution in [2.75, 3.05) is 5.73 Å². The molecule has 1 heterocycles. The summed E-state index contributed by atoms with van der Waals surface area (Å²) in [7, 11) is 1.71. The van der Waals surface area contributed by atoms with E-state index in [1.165, 1.54) is 36.8 Å². The molecule has 20 heavy (non-hydrogen) atoms. The quantitative estimate of drug-likeness (QED) is 0.810. The Bertz CT molecular complexity index is 586. The van der Waals surface area contributed by atoms with Crippen LogP contribution in [0.25, 0.3) is 0 Å². The van der Waals surface area contributed by atoms with E-state index in [4.69, 9.17) is 5.73 Å². The number of nitrogen functional groups attached to an aromatic ring is 1. The van der Waals surface area contributed by atoms with E-state index in [0.717, 1.165) is 11.8 Å². The van der Waals surface area contributed by atoms with Gasteiger partial charge in [0, 0.05) is 7.05 Å². The van der Waals surface area contributed by atoms with Crippen LogP contribution >= 0.6 is 0 Å².